The predicted molar refractivity (Wildman–Crippen MR) is 105 cm³/mol. The number of carbonyl (C=O) groups is 2. The molecule has 0 N–H and O–H groups in total. The van der Waals surface area contributed by atoms with E-state index in [-0.39, 0.29) is 38.6 Å². The molecule has 2 aliphatic heterocycles. The summed E-state index contributed by atoms with van der Waals surface area (Å²) in [6.07, 6.45) is -4.95. The molecule has 1 aromatic carbocycles. The lowest BCUT2D eigenvalue weighted by Gasteiger charge is -2.44. The summed E-state index contributed by atoms with van der Waals surface area (Å²) < 4.78 is 54.6. The maximum absolute atomic E-state index is 12.9. The van der Waals surface area contributed by atoms with Crippen molar-refractivity contribution in [2.75, 3.05) is 26.3 Å². The van der Waals surface area contributed by atoms with Gasteiger partial charge < -0.3 is 24.0 Å². The highest BCUT2D eigenvalue weighted by Crippen LogP contribution is 2.32. The van der Waals surface area contributed by atoms with Crippen LogP contribution in [0.25, 0.3) is 0 Å². The number of hydrogen-bond donors (Lipinski definition) is 0. The first kappa shape index (κ1) is 23.0. The minimum Gasteiger partial charge on any atom is -0.486 e. The number of fused-ring (bicyclic) bond motifs is 1. The Balaban J connectivity index is 1.62. The third kappa shape index (κ3) is 5.54. The maximum Gasteiger partial charge on any atom is 0.471 e. The Labute approximate surface area is 179 Å². The first-order chi connectivity index (χ1) is 14.5. The van der Waals surface area contributed by atoms with Gasteiger partial charge in [-0.15, -0.1) is 0 Å². The fourth-order valence-electron chi connectivity index (χ4n) is 3.87. The molecule has 0 radical (unpaired) electrons. The van der Waals surface area contributed by atoms with Crippen LogP contribution in [0, 0.1) is 0 Å². The van der Waals surface area contributed by atoms with Gasteiger partial charge in [0.25, 0.3) is 0 Å². The van der Waals surface area contributed by atoms with Crippen molar-refractivity contribution in [2.45, 2.75) is 58.0 Å². The number of alkyl halides is 3. The third-order valence-corrected chi connectivity index (χ3v) is 5.25. The van der Waals surface area contributed by atoms with E-state index in [4.69, 9.17) is 14.2 Å². The summed E-state index contributed by atoms with van der Waals surface area (Å²) in [5.41, 5.74) is 0.127. The third-order valence-electron chi connectivity index (χ3n) is 5.25. The molecule has 0 aliphatic carbocycles. The van der Waals surface area contributed by atoms with Crippen molar-refractivity contribution in [2.24, 2.45) is 0 Å². The highest BCUT2D eigenvalue weighted by atomic mass is 19.4. The Morgan fingerprint density at radius 1 is 1.10 bits per heavy atom. The molecule has 2 amide bonds. The fourth-order valence-corrected chi connectivity index (χ4v) is 3.87. The van der Waals surface area contributed by atoms with Gasteiger partial charge in [-0.1, -0.05) is 6.07 Å². The fraction of sp³-hybridized carbons (Fsp3) is 0.619. The second-order valence-corrected chi connectivity index (χ2v) is 8.59. The average molecular weight is 444 g/mol. The van der Waals surface area contributed by atoms with Crippen molar-refractivity contribution in [3.8, 4) is 11.5 Å². The number of benzene rings is 1. The van der Waals surface area contributed by atoms with Crippen LogP contribution in [0.4, 0.5) is 18.0 Å². The summed E-state index contributed by atoms with van der Waals surface area (Å²) in [4.78, 5) is 26.7. The molecule has 2 heterocycles. The zero-order chi connectivity index (χ0) is 22.8. The van der Waals surface area contributed by atoms with Crippen LogP contribution in [0.3, 0.4) is 0 Å². The maximum atomic E-state index is 12.9. The second-order valence-electron chi connectivity index (χ2n) is 8.59. The van der Waals surface area contributed by atoms with Gasteiger partial charge in [-0.25, -0.2) is 4.79 Å². The lowest BCUT2D eigenvalue weighted by Crippen LogP contribution is -2.56. The average Bonchev–Trinajstić information content (AvgIpc) is 2.70. The number of ether oxygens (including phenoxy) is 3. The van der Waals surface area contributed by atoms with Crippen molar-refractivity contribution in [1.82, 2.24) is 9.80 Å². The normalized spacial score (nSPS) is 17.3. The van der Waals surface area contributed by atoms with Gasteiger partial charge in [-0.3, -0.25) is 4.79 Å². The molecule has 7 nitrogen and oxygen atoms in total. The molecule has 0 unspecified atom stereocenters. The number of nitrogens with zero attached hydrogens (tertiary/aromatic N) is 2. The van der Waals surface area contributed by atoms with Gasteiger partial charge in [0.05, 0.1) is 0 Å². The van der Waals surface area contributed by atoms with Crippen LogP contribution >= 0.6 is 0 Å². The number of likely N-dealkylation sites (tertiary alicyclic amines) is 1. The van der Waals surface area contributed by atoms with Crippen molar-refractivity contribution >= 4 is 12.0 Å². The molecule has 3 rings (SSSR count). The molecule has 0 bridgehead atoms. The molecule has 0 atom stereocenters. The van der Waals surface area contributed by atoms with Crippen LogP contribution in [0.15, 0.2) is 18.2 Å². The molecule has 172 valence electrons. The van der Waals surface area contributed by atoms with Crippen molar-refractivity contribution in [3.63, 3.8) is 0 Å². The first-order valence-corrected chi connectivity index (χ1v) is 10.2. The van der Waals surface area contributed by atoms with E-state index in [1.165, 1.54) is 0 Å². The zero-order valence-electron chi connectivity index (χ0n) is 17.8. The molecule has 31 heavy (non-hydrogen) atoms. The topological polar surface area (TPSA) is 68.3 Å². The first-order valence-electron chi connectivity index (χ1n) is 10.2. The number of amides is 2. The highest BCUT2D eigenvalue weighted by molar-refractivity contribution is 5.82. The number of piperidine rings is 1. The molecule has 1 aromatic rings. The van der Waals surface area contributed by atoms with E-state index in [9.17, 15) is 22.8 Å². The van der Waals surface area contributed by atoms with Gasteiger partial charge in [0.15, 0.2) is 11.5 Å². The SMILES string of the molecule is CC(C)(C)N(C(=O)OCc1ccc2c(c1)OCCO2)C1CCN(C(=O)C(F)(F)F)CC1. The highest BCUT2D eigenvalue weighted by Gasteiger charge is 2.45. The van der Waals surface area contributed by atoms with Crippen LogP contribution in [0.1, 0.15) is 39.2 Å². The van der Waals surface area contributed by atoms with E-state index < -0.39 is 23.7 Å². The molecule has 0 aromatic heterocycles. The predicted octanol–water partition coefficient (Wildman–Crippen LogP) is 3.75. The van der Waals surface area contributed by atoms with E-state index in [0.717, 1.165) is 10.5 Å². The molecular weight excluding hydrogens is 417 g/mol. The molecule has 10 heteroatoms. The Kier molecular flexibility index (Phi) is 6.56. The summed E-state index contributed by atoms with van der Waals surface area (Å²) in [5.74, 6) is -0.610. The van der Waals surface area contributed by atoms with E-state index >= 15 is 0 Å². The Morgan fingerprint density at radius 3 is 2.29 bits per heavy atom. The Morgan fingerprint density at radius 2 is 1.71 bits per heavy atom. The summed E-state index contributed by atoms with van der Waals surface area (Å²) in [7, 11) is 0. The van der Waals surface area contributed by atoms with Crippen LogP contribution < -0.4 is 9.47 Å². The molecule has 0 spiro atoms. The molecular formula is C21H27F3N2O5. The lowest BCUT2D eigenvalue weighted by molar-refractivity contribution is -0.186. The standard InChI is InChI=1S/C21H27F3N2O5/c1-20(2,3)26(15-6-8-25(9-7-15)18(27)21(22,23)24)19(28)31-13-14-4-5-16-17(12-14)30-11-10-29-16/h4-5,12,15H,6-11,13H2,1-3H3. The summed E-state index contributed by atoms with van der Waals surface area (Å²) in [5, 5.41) is 0. The quantitative estimate of drug-likeness (QED) is 0.711. The largest absolute Gasteiger partial charge is 0.486 e. The van der Waals surface area contributed by atoms with Crippen LogP contribution in [0.2, 0.25) is 0 Å². The minimum absolute atomic E-state index is 0.0213. The van der Waals surface area contributed by atoms with Crippen LogP contribution in [0.5, 0.6) is 11.5 Å². The number of rotatable bonds is 3. The number of halogens is 3. The second kappa shape index (κ2) is 8.84. The lowest BCUT2D eigenvalue weighted by atomic mass is 9.97. The summed E-state index contributed by atoms with van der Waals surface area (Å²) in [6, 6.07) is 4.96. The smallest absolute Gasteiger partial charge is 0.471 e. The number of carbonyl (C=O) groups excluding carboxylic acids is 2. The van der Waals surface area contributed by atoms with Crippen molar-refractivity contribution in [3.05, 3.63) is 23.8 Å². The van der Waals surface area contributed by atoms with E-state index in [1.54, 1.807) is 23.1 Å². The van der Waals surface area contributed by atoms with Gasteiger partial charge in [0.1, 0.15) is 19.8 Å². The molecule has 0 saturated carbocycles. The van der Waals surface area contributed by atoms with Gasteiger partial charge in [0.2, 0.25) is 0 Å². The monoisotopic (exact) mass is 444 g/mol. The van der Waals surface area contributed by atoms with Crippen molar-refractivity contribution < 1.29 is 37.0 Å². The zero-order valence-corrected chi connectivity index (χ0v) is 17.8. The van der Waals surface area contributed by atoms with Gasteiger partial charge in [0, 0.05) is 24.7 Å². The molecule has 1 saturated heterocycles. The Hall–Kier alpha value is -2.65. The Bertz CT molecular complexity index is 814. The van der Waals surface area contributed by atoms with Crippen LogP contribution in [-0.2, 0) is 16.1 Å². The van der Waals surface area contributed by atoms with Crippen LogP contribution in [-0.4, -0.2) is 65.9 Å². The molecule has 2 aliphatic rings. The summed E-state index contributed by atoms with van der Waals surface area (Å²) in [6.45, 7) is 6.34. The van der Waals surface area contributed by atoms with Gasteiger partial charge in [-0.05, 0) is 51.3 Å². The minimum atomic E-state index is -4.89. The van der Waals surface area contributed by atoms with Crippen molar-refractivity contribution in [1.29, 1.82) is 0 Å². The summed E-state index contributed by atoms with van der Waals surface area (Å²) >= 11 is 0. The van der Waals surface area contributed by atoms with E-state index in [1.807, 2.05) is 20.8 Å². The number of hydrogen-bond acceptors (Lipinski definition) is 5. The van der Waals surface area contributed by atoms with Gasteiger partial charge >= 0.3 is 18.2 Å². The van der Waals surface area contributed by atoms with E-state index in [0.29, 0.717) is 24.7 Å². The van der Waals surface area contributed by atoms with Gasteiger partial charge in [-0.2, -0.15) is 13.2 Å². The molecule has 1 fully saturated rings. The van der Waals surface area contributed by atoms with E-state index in [2.05, 4.69) is 0 Å².